The topological polar surface area (TPSA) is 50.1 Å². The molecule has 0 saturated carbocycles. The molecule has 4 aromatic rings. The Balaban J connectivity index is 1.14. The summed E-state index contributed by atoms with van der Waals surface area (Å²) in [5.41, 5.74) is 3.82. The molecule has 1 fully saturated rings. The van der Waals surface area contributed by atoms with Crippen LogP contribution in [0.5, 0.6) is 5.75 Å². The highest BCUT2D eigenvalue weighted by Gasteiger charge is 2.22. The minimum absolute atomic E-state index is 0.0853. The molecule has 1 saturated heterocycles. The summed E-state index contributed by atoms with van der Waals surface area (Å²) in [6.45, 7) is 4.68. The fourth-order valence-electron chi connectivity index (χ4n) is 3.84. The van der Waals surface area contributed by atoms with E-state index in [1.807, 2.05) is 64.2 Å². The molecule has 0 atom stereocenters. The summed E-state index contributed by atoms with van der Waals surface area (Å²) < 4.78 is 7.83. The molecule has 158 valence electrons. The van der Waals surface area contributed by atoms with Crippen LogP contribution in [0.3, 0.4) is 0 Å². The first-order valence-corrected chi connectivity index (χ1v) is 11.4. The van der Waals surface area contributed by atoms with Crippen LogP contribution in [0.25, 0.3) is 5.65 Å². The molecule has 0 radical (unpaired) electrons. The zero-order chi connectivity index (χ0) is 21.0. The van der Waals surface area contributed by atoms with Gasteiger partial charge in [-0.05, 0) is 58.8 Å². The van der Waals surface area contributed by atoms with Gasteiger partial charge in [0.15, 0.2) is 0 Å². The van der Waals surface area contributed by atoms with Crippen molar-refractivity contribution in [2.75, 3.05) is 26.2 Å². The average Bonchev–Trinajstić information content (AvgIpc) is 3.47. The maximum absolute atomic E-state index is 12.9. The van der Waals surface area contributed by atoms with Crippen LogP contribution in [-0.2, 0) is 13.2 Å². The van der Waals surface area contributed by atoms with Crippen molar-refractivity contribution in [3.05, 3.63) is 88.5 Å². The lowest BCUT2D eigenvalue weighted by Gasteiger charge is -2.34. The van der Waals surface area contributed by atoms with Gasteiger partial charge in [-0.25, -0.2) is 4.98 Å². The van der Waals surface area contributed by atoms with Crippen molar-refractivity contribution in [2.45, 2.75) is 13.2 Å². The molecule has 0 unspecified atom stereocenters. The van der Waals surface area contributed by atoms with E-state index in [1.54, 1.807) is 11.3 Å². The summed E-state index contributed by atoms with van der Waals surface area (Å²) in [5, 5.41) is 4.30. The number of aromatic nitrogens is 2. The van der Waals surface area contributed by atoms with Gasteiger partial charge >= 0.3 is 0 Å². The van der Waals surface area contributed by atoms with Crippen LogP contribution in [0.4, 0.5) is 0 Å². The first-order chi connectivity index (χ1) is 15.2. The summed E-state index contributed by atoms with van der Waals surface area (Å²) in [4.78, 5) is 21.8. The van der Waals surface area contributed by atoms with Crippen LogP contribution in [0.2, 0.25) is 0 Å². The average molecular weight is 433 g/mol. The number of hydrogen-bond donors (Lipinski definition) is 0. The van der Waals surface area contributed by atoms with E-state index in [4.69, 9.17) is 4.74 Å². The van der Waals surface area contributed by atoms with Crippen LogP contribution < -0.4 is 4.74 Å². The molecular formula is C24H24N4O2S. The van der Waals surface area contributed by atoms with Crippen molar-refractivity contribution in [3.63, 3.8) is 0 Å². The molecule has 1 aromatic carbocycles. The Morgan fingerprint density at radius 3 is 2.61 bits per heavy atom. The predicted octanol–water partition coefficient (Wildman–Crippen LogP) is 3.93. The molecule has 5 rings (SSSR count). The number of hydrogen-bond acceptors (Lipinski definition) is 5. The molecule has 0 aliphatic carbocycles. The third kappa shape index (κ3) is 4.62. The summed E-state index contributed by atoms with van der Waals surface area (Å²) in [7, 11) is 0. The fourth-order valence-corrected chi connectivity index (χ4v) is 4.50. The van der Waals surface area contributed by atoms with Gasteiger partial charge < -0.3 is 14.0 Å². The van der Waals surface area contributed by atoms with E-state index in [0.717, 1.165) is 49.8 Å². The molecule has 7 heteroatoms. The number of pyridine rings is 1. The monoisotopic (exact) mass is 432 g/mol. The molecule has 1 amide bonds. The van der Waals surface area contributed by atoms with Gasteiger partial charge in [-0.3, -0.25) is 9.69 Å². The minimum Gasteiger partial charge on any atom is -0.487 e. The number of nitrogens with zero attached hydrogens (tertiary/aromatic N) is 4. The van der Waals surface area contributed by atoms with Crippen molar-refractivity contribution in [1.82, 2.24) is 19.2 Å². The van der Waals surface area contributed by atoms with E-state index in [0.29, 0.717) is 12.2 Å². The van der Waals surface area contributed by atoms with E-state index >= 15 is 0 Å². The molecule has 0 spiro atoms. The van der Waals surface area contributed by atoms with Gasteiger partial charge in [0.25, 0.3) is 5.91 Å². The zero-order valence-electron chi connectivity index (χ0n) is 17.2. The number of amides is 1. The zero-order valence-corrected chi connectivity index (χ0v) is 18.0. The maximum Gasteiger partial charge on any atom is 0.253 e. The normalized spacial score (nSPS) is 14.8. The fraction of sp³-hybridized carbons (Fsp3) is 0.250. The van der Waals surface area contributed by atoms with Gasteiger partial charge in [0.1, 0.15) is 18.0 Å². The summed E-state index contributed by atoms with van der Waals surface area (Å²) in [6.07, 6.45) is 3.93. The van der Waals surface area contributed by atoms with Crippen molar-refractivity contribution in [1.29, 1.82) is 0 Å². The van der Waals surface area contributed by atoms with E-state index in [9.17, 15) is 4.79 Å². The molecule has 1 aliphatic heterocycles. The lowest BCUT2D eigenvalue weighted by atomic mass is 10.1. The minimum atomic E-state index is 0.0853. The Kier molecular flexibility index (Phi) is 5.69. The molecule has 1 aliphatic rings. The molecule has 0 bridgehead atoms. The molecule has 3 aromatic heterocycles. The maximum atomic E-state index is 12.9. The second kappa shape index (κ2) is 8.91. The first kappa shape index (κ1) is 19.8. The number of rotatable bonds is 6. The molecule has 0 N–H and O–H groups in total. The summed E-state index contributed by atoms with van der Waals surface area (Å²) in [6, 6.07) is 15.5. The van der Waals surface area contributed by atoms with Crippen molar-refractivity contribution >= 4 is 22.9 Å². The SMILES string of the molecule is O=C(c1ccc(OCc2cn3ccccc3n2)cc1)N1CCN(Cc2ccsc2)CC1. The second-order valence-corrected chi connectivity index (χ2v) is 8.49. The quantitative estimate of drug-likeness (QED) is 0.463. The van der Waals surface area contributed by atoms with Crippen LogP contribution in [-0.4, -0.2) is 51.3 Å². The largest absolute Gasteiger partial charge is 0.487 e. The number of fused-ring (bicyclic) bond motifs is 1. The van der Waals surface area contributed by atoms with E-state index < -0.39 is 0 Å². The smallest absolute Gasteiger partial charge is 0.253 e. The van der Waals surface area contributed by atoms with Gasteiger partial charge in [0.2, 0.25) is 0 Å². The highest BCUT2D eigenvalue weighted by molar-refractivity contribution is 7.07. The molecular weight excluding hydrogens is 408 g/mol. The number of piperazine rings is 1. The third-order valence-electron chi connectivity index (χ3n) is 5.55. The van der Waals surface area contributed by atoms with Crippen molar-refractivity contribution in [2.24, 2.45) is 0 Å². The number of carbonyl (C=O) groups excluding carboxylic acids is 1. The van der Waals surface area contributed by atoms with Gasteiger partial charge in [-0.1, -0.05) is 6.07 Å². The molecule has 6 nitrogen and oxygen atoms in total. The number of imidazole rings is 1. The highest BCUT2D eigenvalue weighted by atomic mass is 32.1. The van der Waals surface area contributed by atoms with Gasteiger partial charge in [-0.2, -0.15) is 11.3 Å². The van der Waals surface area contributed by atoms with E-state index in [2.05, 4.69) is 26.7 Å². The van der Waals surface area contributed by atoms with Crippen molar-refractivity contribution in [3.8, 4) is 5.75 Å². The van der Waals surface area contributed by atoms with Crippen molar-refractivity contribution < 1.29 is 9.53 Å². The lowest BCUT2D eigenvalue weighted by molar-refractivity contribution is 0.0628. The molecule has 31 heavy (non-hydrogen) atoms. The summed E-state index contributed by atoms with van der Waals surface area (Å²) >= 11 is 1.73. The van der Waals surface area contributed by atoms with Crippen LogP contribution in [0, 0.1) is 0 Å². The first-order valence-electron chi connectivity index (χ1n) is 10.4. The van der Waals surface area contributed by atoms with Crippen LogP contribution >= 0.6 is 11.3 Å². The standard InChI is InChI=1S/C24H24N4O2S/c29-24(27-12-10-26(11-13-27)15-19-8-14-31-18-19)20-4-6-22(7-5-20)30-17-21-16-28-9-2-1-3-23(28)25-21/h1-9,14,16,18H,10-13,15,17H2. The Morgan fingerprint density at radius 1 is 1.03 bits per heavy atom. The van der Waals surface area contributed by atoms with Crippen LogP contribution in [0.15, 0.2) is 71.7 Å². The lowest BCUT2D eigenvalue weighted by Crippen LogP contribution is -2.48. The Bertz CT molecular complexity index is 1110. The van der Waals surface area contributed by atoms with Gasteiger partial charge in [-0.15, -0.1) is 0 Å². The predicted molar refractivity (Wildman–Crippen MR) is 121 cm³/mol. The van der Waals surface area contributed by atoms with Gasteiger partial charge in [0.05, 0.1) is 5.69 Å². The van der Waals surface area contributed by atoms with E-state index in [1.165, 1.54) is 5.56 Å². The Morgan fingerprint density at radius 2 is 1.87 bits per heavy atom. The van der Waals surface area contributed by atoms with Gasteiger partial charge in [0, 0.05) is 50.7 Å². The number of carbonyl (C=O) groups is 1. The number of ether oxygens (including phenoxy) is 1. The Labute approximate surface area is 185 Å². The van der Waals surface area contributed by atoms with Crippen LogP contribution in [0.1, 0.15) is 21.6 Å². The molecule has 4 heterocycles. The number of thiophene rings is 1. The summed E-state index contributed by atoms with van der Waals surface area (Å²) in [5.74, 6) is 0.816. The highest BCUT2D eigenvalue weighted by Crippen LogP contribution is 2.17. The van der Waals surface area contributed by atoms with E-state index in [-0.39, 0.29) is 5.91 Å². The Hall–Kier alpha value is -3.16. The second-order valence-electron chi connectivity index (χ2n) is 7.71. The third-order valence-corrected chi connectivity index (χ3v) is 6.28. The number of benzene rings is 1.